The highest BCUT2D eigenvalue weighted by Crippen LogP contribution is 2.16. The minimum Gasteiger partial charge on any atom is -0.497 e. The van der Waals surface area contributed by atoms with E-state index in [1.165, 1.54) is 0 Å². The smallest absolute Gasteiger partial charge is 0.238 e. The molecule has 0 aliphatic carbocycles. The first kappa shape index (κ1) is 18.5. The predicted octanol–water partition coefficient (Wildman–Crippen LogP) is 2.59. The minimum atomic E-state index is -0.178. The van der Waals surface area contributed by atoms with E-state index in [4.69, 9.17) is 4.74 Å². The molecule has 6 heteroatoms. The number of anilines is 2. The molecule has 2 aromatic rings. The maximum Gasteiger partial charge on any atom is 0.238 e. The fourth-order valence-corrected chi connectivity index (χ4v) is 2.31. The van der Waals surface area contributed by atoms with Gasteiger partial charge in [0.15, 0.2) is 0 Å². The number of benzene rings is 2. The van der Waals surface area contributed by atoms with Crippen LogP contribution < -0.4 is 15.4 Å². The van der Waals surface area contributed by atoms with Gasteiger partial charge in [-0.25, -0.2) is 0 Å². The second kappa shape index (κ2) is 9.44. The topological polar surface area (TPSA) is 70.7 Å². The Morgan fingerprint density at radius 2 is 1.52 bits per heavy atom. The summed E-state index contributed by atoms with van der Waals surface area (Å²) in [5.74, 6) is 0.345. The van der Waals surface area contributed by atoms with Crippen LogP contribution in [0.4, 0.5) is 11.4 Å². The Bertz CT molecular complexity index is 704. The summed E-state index contributed by atoms with van der Waals surface area (Å²) in [7, 11) is 1.57. The van der Waals surface area contributed by atoms with Crippen LogP contribution in [0.15, 0.2) is 54.6 Å². The van der Waals surface area contributed by atoms with Crippen LogP contribution in [0.25, 0.3) is 0 Å². The van der Waals surface area contributed by atoms with Crippen molar-refractivity contribution in [3.8, 4) is 5.75 Å². The number of methoxy groups -OCH3 is 1. The summed E-state index contributed by atoms with van der Waals surface area (Å²) in [5.41, 5.74) is 1.40. The van der Waals surface area contributed by atoms with E-state index in [0.717, 1.165) is 5.69 Å². The van der Waals surface area contributed by atoms with Gasteiger partial charge in [0, 0.05) is 17.4 Å². The molecule has 0 aromatic heterocycles. The van der Waals surface area contributed by atoms with Gasteiger partial charge >= 0.3 is 0 Å². The van der Waals surface area contributed by atoms with Crippen molar-refractivity contribution in [1.29, 1.82) is 0 Å². The van der Waals surface area contributed by atoms with E-state index in [0.29, 0.717) is 18.0 Å². The van der Waals surface area contributed by atoms with Gasteiger partial charge in [-0.05, 0) is 30.8 Å². The number of para-hydroxylation sites is 1. The zero-order chi connectivity index (χ0) is 18.1. The zero-order valence-electron chi connectivity index (χ0n) is 14.5. The first-order chi connectivity index (χ1) is 12.1. The molecule has 132 valence electrons. The van der Waals surface area contributed by atoms with Crippen LogP contribution in [0.5, 0.6) is 5.75 Å². The largest absolute Gasteiger partial charge is 0.497 e. The zero-order valence-corrected chi connectivity index (χ0v) is 14.5. The number of nitrogens with zero attached hydrogens (tertiary/aromatic N) is 1. The lowest BCUT2D eigenvalue weighted by atomic mass is 10.3. The number of carbonyl (C=O) groups is 2. The van der Waals surface area contributed by atoms with Crippen LogP contribution >= 0.6 is 0 Å². The molecule has 0 aliphatic rings. The second-order valence-corrected chi connectivity index (χ2v) is 5.50. The van der Waals surface area contributed by atoms with E-state index in [2.05, 4.69) is 10.6 Å². The van der Waals surface area contributed by atoms with Crippen LogP contribution in [0.1, 0.15) is 6.92 Å². The van der Waals surface area contributed by atoms with Crippen LogP contribution in [-0.2, 0) is 9.59 Å². The third-order valence-corrected chi connectivity index (χ3v) is 3.59. The molecule has 25 heavy (non-hydrogen) atoms. The van der Waals surface area contributed by atoms with Crippen LogP contribution in [0.2, 0.25) is 0 Å². The predicted molar refractivity (Wildman–Crippen MR) is 98.8 cm³/mol. The Kier molecular flexibility index (Phi) is 6.98. The molecule has 0 bridgehead atoms. The van der Waals surface area contributed by atoms with E-state index >= 15 is 0 Å². The lowest BCUT2D eigenvalue weighted by molar-refractivity contribution is -0.119. The van der Waals surface area contributed by atoms with E-state index < -0.39 is 0 Å². The monoisotopic (exact) mass is 341 g/mol. The van der Waals surface area contributed by atoms with Gasteiger partial charge in [0.25, 0.3) is 0 Å². The average molecular weight is 341 g/mol. The molecule has 0 saturated carbocycles. The first-order valence-corrected chi connectivity index (χ1v) is 8.12. The molecule has 0 heterocycles. The van der Waals surface area contributed by atoms with Gasteiger partial charge < -0.3 is 15.4 Å². The van der Waals surface area contributed by atoms with Crippen molar-refractivity contribution < 1.29 is 14.3 Å². The highest BCUT2D eigenvalue weighted by Gasteiger charge is 2.13. The van der Waals surface area contributed by atoms with E-state index in [1.807, 2.05) is 43.3 Å². The molecule has 0 spiro atoms. The van der Waals surface area contributed by atoms with Gasteiger partial charge in [-0.3, -0.25) is 14.5 Å². The summed E-state index contributed by atoms with van der Waals surface area (Å²) < 4.78 is 5.13. The second-order valence-electron chi connectivity index (χ2n) is 5.50. The Balaban J connectivity index is 1.85. The minimum absolute atomic E-state index is 0.135. The Hall–Kier alpha value is -2.86. The highest BCUT2D eigenvalue weighted by molar-refractivity contribution is 5.94. The summed E-state index contributed by atoms with van der Waals surface area (Å²) in [6.45, 7) is 2.79. The van der Waals surface area contributed by atoms with Crippen molar-refractivity contribution in [2.75, 3.05) is 37.4 Å². The summed E-state index contributed by atoms with van der Waals surface area (Å²) >= 11 is 0. The van der Waals surface area contributed by atoms with E-state index in [-0.39, 0.29) is 24.9 Å². The molecule has 0 atom stereocenters. The summed E-state index contributed by atoms with van der Waals surface area (Å²) in [6.07, 6.45) is 0. The molecule has 2 aromatic carbocycles. The van der Waals surface area contributed by atoms with Crippen LogP contribution in [0, 0.1) is 0 Å². The maximum absolute atomic E-state index is 12.2. The molecule has 0 fully saturated rings. The van der Waals surface area contributed by atoms with Crippen molar-refractivity contribution in [1.82, 2.24) is 4.90 Å². The van der Waals surface area contributed by atoms with Crippen molar-refractivity contribution in [3.05, 3.63) is 54.6 Å². The number of amides is 2. The molecule has 6 nitrogen and oxygen atoms in total. The average Bonchev–Trinajstić information content (AvgIpc) is 2.62. The Morgan fingerprint density at radius 3 is 2.12 bits per heavy atom. The normalized spacial score (nSPS) is 10.4. The Labute approximate surface area is 147 Å². The van der Waals surface area contributed by atoms with Gasteiger partial charge in [0.05, 0.1) is 20.2 Å². The lowest BCUT2D eigenvalue weighted by Crippen LogP contribution is -2.38. The van der Waals surface area contributed by atoms with Gasteiger partial charge in [0.2, 0.25) is 11.8 Å². The number of likely N-dealkylation sites (N-methyl/N-ethyl adjacent to an activating group) is 1. The standard InChI is InChI=1S/C19H23N3O3/c1-3-22(13-18(23)20-15-8-5-4-6-9-15)14-19(24)21-16-10-7-11-17(12-16)25-2/h4-12H,3,13-14H2,1-2H3,(H,20,23)(H,21,24). The maximum atomic E-state index is 12.2. The number of hydrogen-bond acceptors (Lipinski definition) is 4. The van der Waals surface area contributed by atoms with Crippen molar-refractivity contribution in [2.24, 2.45) is 0 Å². The summed E-state index contributed by atoms with van der Waals surface area (Å²) in [6, 6.07) is 16.4. The molecule has 2 rings (SSSR count). The molecule has 0 unspecified atom stereocenters. The number of carbonyl (C=O) groups excluding carboxylic acids is 2. The summed E-state index contributed by atoms with van der Waals surface area (Å²) in [4.78, 5) is 26.1. The van der Waals surface area contributed by atoms with E-state index in [1.54, 1.807) is 30.2 Å². The van der Waals surface area contributed by atoms with Gasteiger partial charge in [-0.1, -0.05) is 31.2 Å². The van der Waals surface area contributed by atoms with E-state index in [9.17, 15) is 9.59 Å². The quantitative estimate of drug-likeness (QED) is 0.774. The molecule has 0 radical (unpaired) electrons. The lowest BCUT2D eigenvalue weighted by Gasteiger charge is -2.19. The molecule has 2 amide bonds. The molecule has 0 saturated heterocycles. The summed E-state index contributed by atoms with van der Waals surface area (Å²) in [5, 5.41) is 5.63. The molecular formula is C19H23N3O3. The first-order valence-electron chi connectivity index (χ1n) is 8.12. The van der Waals surface area contributed by atoms with Gasteiger partial charge in [0.1, 0.15) is 5.75 Å². The third kappa shape index (κ3) is 6.27. The van der Waals surface area contributed by atoms with Crippen molar-refractivity contribution >= 4 is 23.2 Å². The number of rotatable bonds is 8. The van der Waals surface area contributed by atoms with Crippen molar-refractivity contribution in [3.63, 3.8) is 0 Å². The van der Waals surface area contributed by atoms with Crippen molar-refractivity contribution in [2.45, 2.75) is 6.92 Å². The fraction of sp³-hybridized carbons (Fsp3) is 0.263. The molecule has 0 aliphatic heterocycles. The Morgan fingerprint density at radius 1 is 0.920 bits per heavy atom. The fourth-order valence-electron chi connectivity index (χ4n) is 2.31. The third-order valence-electron chi connectivity index (χ3n) is 3.59. The number of ether oxygens (including phenoxy) is 1. The van der Waals surface area contributed by atoms with Gasteiger partial charge in [-0.2, -0.15) is 0 Å². The van der Waals surface area contributed by atoms with Crippen LogP contribution in [0.3, 0.4) is 0 Å². The molecule has 2 N–H and O–H groups in total. The number of nitrogens with one attached hydrogen (secondary N) is 2. The number of hydrogen-bond donors (Lipinski definition) is 2. The van der Waals surface area contributed by atoms with Crippen LogP contribution in [-0.4, -0.2) is 43.5 Å². The highest BCUT2D eigenvalue weighted by atomic mass is 16.5. The molecular weight excluding hydrogens is 318 g/mol. The van der Waals surface area contributed by atoms with Gasteiger partial charge in [-0.15, -0.1) is 0 Å². The SMILES string of the molecule is CCN(CC(=O)Nc1ccccc1)CC(=O)Nc1cccc(OC)c1.